The van der Waals surface area contributed by atoms with E-state index in [1.165, 1.54) is 116 Å². The lowest BCUT2D eigenvalue weighted by Crippen LogP contribution is -2.08. The Morgan fingerprint density at radius 3 is 0.957 bits per heavy atom. The third-order valence-corrected chi connectivity index (χ3v) is 10.0. The molecule has 47 heavy (non-hydrogen) atoms. The summed E-state index contributed by atoms with van der Waals surface area (Å²) < 4.78 is 29.9. The van der Waals surface area contributed by atoms with Gasteiger partial charge in [0.05, 0.1) is 0 Å². The van der Waals surface area contributed by atoms with Gasteiger partial charge in [-0.2, -0.15) is 0 Å². The summed E-state index contributed by atoms with van der Waals surface area (Å²) >= 11 is 5.09. The molecule has 0 aliphatic heterocycles. The second-order valence-electron chi connectivity index (χ2n) is 14.9. The Morgan fingerprint density at radius 1 is 0.319 bits per heavy atom. The largest absolute Gasteiger partial charge is 0.381 e. The average Bonchev–Trinajstić information content (AvgIpc) is 2.99. The maximum Gasteiger partial charge on any atom is 0.149 e. The second-order valence-corrected chi connectivity index (χ2v) is 19.2. The number of alkyl halides is 2. The van der Waals surface area contributed by atoms with Crippen LogP contribution in [-0.4, -0.2) is 61.1 Å². The van der Waals surface area contributed by atoms with Crippen molar-refractivity contribution in [2.75, 3.05) is 53.2 Å². The molecular weight excluding hydrogens is 814 g/mol. The summed E-state index contributed by atoms with van der Waals surface area (Å²) in [6, 6.07) is 0. The summed E-state index contributed by atoms with van der Waals surface area (Å²) in [6.07, 6.45) is 25.2. The van der Waals surface area contributed by atoms with Gasteiger partial charge in [0.2, 0.25) is 0 Å². The summed E-state index contributed by atoms with van der Waals surface area (Å²) in [5.41, 5.74) is 0. The highest BCUT2D eigenvalue weighted by Gasteiger charge is 2.12. The standard InChI is InChI=1S/C40H80I2O5/c1-35(29-37(3)31-39(5)41)21-19-27-43-23-15-11-7-9-13-17-25-45-33-47-34-46-26-18-14-10-8-12-16-24-44-28-20-22-36(2)30-38(4)32-40(6)42/h35-40H,7-34H2,1-6H3. The van der Waals surface area contributed by atoms with Gasteiger partial charge in [-0.25, -0.2) is 0 Å². The predicted molar refractivity (Wildman–Crippen MR) is 220 cm³/mol. The Kier molecular flexibility index (Phi) is 38.0. The molecule has 0 bridgehead atoms. The predicted octanol–water partition coefficient (Wildman–Crippen LogP) is 13.0. The summed E-state index contributed by atoms with van der Waals surface area (Å²) in [7, 11) is 0. The molecular formula is C40H80I2O5. The zero-order valence-corrected chi connectivity index (χ0v) is 36.4. The van der Waals surface area contributed by atoms with Gasteiger partial charge in [-0.3, -0.25) is 0 Å². The molecule has 0 saturated carbocycles. The number of hydrogen-bond donors (Lipinski definition) is 0. The zero-order chi connectivity index (χ0) is 34.8. The third-order valence-electron chi connectivity index (χ3n) is 9.02. The van der Waals surface area contributed by atoms with Crippen LogP contribution < -0.4 is 0 Å². The van der Waals surface area contributed by atoms with Crippen LogP contribution in [0.1, 0.15) is 170 Å². The minimum Gasteiger partial charge on any atom is -0.381 e. The maximum atomic E-state index is 5.87. The van der Waals surface area contributed by atoms with Crippen LogP contribution >= 0.6 is 45.2 Å². The van der Waals surface area contributed by atoms with E-state index in [-0.39, 0.29) is 0 Å². The fourth-order valence-electron chi connectivity index (χ4n) is 6.68. The van der Waals surface area contributed by atoms with Gasteiger partial charge in [0, 0.05) is 47.5 Å². The summed E-state index contributed by atoms with van der Waals surface area (Å²) in [5, 5.41) is 0. The average molecular weight is 895 g/mol. The Hall–Kier alpha value is 1.26. The summed E-state index contributed by atoms with van der Waals surface area (Å²) in [5.74, 6) is 3.33. The van der Waals surface area contributed by atoms with Crippen molar-refractivity contribution in [1.29, 1.82) is 0 Å². The maximum absolute atomic E-state index is 5.87. The van der Waals surface area contributed by atoms with Gasteiger partial charge in [-0.05, 0) is 101 Å². The van der Waals surface area contributed by atoms with E-state index >= 15 is 0 Å². The number of rotatable bonds is 38. The van der Waals surface area contributed by atoms with Crippen LogP contribution in [0.5, 0.6) is 0 Å². The molecule has 6 atom stereocenters. The molecule has 0 aromatic carbocycles. The zero-order valence-electron chi connectivity index (χ0n) is 32.1. The van der Waals surface area contributed by atoms with Gasteiger partial charge in [0.1, 0.15) is 13.6 Å². The van der Waals surface area contributed by atoms with Crippen LogP contribution in [0.4, 0.5) is 0 Å². The first-order chi connectivity index (χ1) is 22.7. The number of unbranched alkanes of at least 4 members (excludes halogenated alkanes) is 10. The van der Waals surface area contributed by atoms with Crippen molar-refractivity contribution in [1.82, 2.24) is 0 Å². The smallest absolute Gasteiger partial charge is 0.149 e. The Bertz CT molecular complexity index is 559. The van der Waals surface area contributed by atoms with Crippen LogP contribution in [0.3, 0.4) is 0 Å². The van der Waals surface area contributed by atoms with Gasteiger partial charge < -0.3 is 23.7 Å². The van der Waals surface area contributed by atoms with E-state index in [9.17, 15) is 0 Å². The van der Waals surface area contributed by atoms with E-state index in [4.69, 9.17) is 23.7 Å². The lowest BCUT2D eigenvalue weighted by Gasteiger charge is -2.18. The van der Waals surface area contributed by atoms with Crippen molar-refractivity contribution in [2.24, 2.45) is 23.7 Å². The van der Waals surface area contributed by atoms with E-state index in [2.05, 4.69) is 86.7 Å². The minimum atomic E-state index is 0.338. The molecule has 6 unspecified atom stereocenters. The fourth-order valence-corrected chi connectivity index (χ4v) is 8.42. The van der Waals surface area contributed by atoms with Crippen LogP contribution in [0.2, 0.25) is 0 Å². The molecule has 0 aromatic rings. The Balaban J connectivity index is 3.19. The fraction of sp³-hybridized carbons (Fsp3) is 1.00. The van der Waals surface area contributed by atoms with Crippen LogP contribution in [-0.2, 0) is 23.7 Å². The lowest BCUT2D eigenvalue weighted by atomic mass is 9.91. The first-order valence-electron chi connectivity index (χ1n) is 19.9. The molecule has 0 N–H and O–H groups in total. The van der Waals surface area contributed by atoms with E-state index in [1.54, 1.807) is 0 Å². The monoisotopic (exact) mass is 894 g/mol. The SMILES string of the molecule is CC(I)CC(C)CC(C)CCCOCCCCCCCCOCOCOCCCCCCCCOCCCC(C)CC(C)CC(C)I. The molecule has 0 aromatic heterocycles. The van der Waals surface area contributed by atoms with Crippen molar-refractivity contribution in [3.05, 3.63) is 0 Å². The molecule has 0 spiro atoms. The van der Waals surface area contributed by atoms with E-state index in [0.717, 1.165) is 84.0 Å². The molecule has 0 saturated heterocycles. The van der Waals surface area contributed by atoms with Crippen molar-refractivity contribution in [3.63, 3.8) is 0 Å². The first kappa shape index (κ1) is 48.3. The number of ether oxygens (including phenoxy) is 5. The van der Waals surface area contributed by atoms with Crippen molar-refractivity contribution in [2.45, 2.75) is 178 Å². The molecule has 0 fully saturated rings. The Labute approximate surface area is 321 Å². The van der Waals surface area contributed by atoms with E-state index < -0.39 is 0 Å². The van der Waals surface area contributed by atoms with Crippen molar-refractivity contribution in [3.8, 4) is 0 Å². The first-order valence-corrected chi connectivity index (χ1v) is 22.4. The molecule has 284 valence electrons. The van der Waals surface area contributed by atoms with E-state index in [1.807, 2.05) is 0 Å². The molecule has 0 amide bonds. The quantitative estimate of drug-likeness (QED) is 0.0267. The van der Waals surface area contributed by atoms with Crippen LogP contribution in [0.15, 0.2) is 0 Å². The third kappa shape index (κ3) is 39.9. The lowest BCUT2D eigenvalue weighted by molar-refractivity contribution is -0.131. The summed E-state index contributed by atoms with van der Waals surface area (Å²) in [6.45, 7) is 20.2. The van der Waals surface area contributed by atoms with Gasteiger partial charge in [0.25, 0.3) is 0 Å². The normalized spacial score (nSPS) is 15.8. The Morgan fingerprint density at radius 2 is 0.617 bits per heavy atom. The molecule has 0 radical (unpaired) electrons. The van der Waals surface area contributed by atoms with Crippen LogP contribution in [0.25, 0.3) is 0 Å². The topological polar surface area (TPSA) is 46.2 Å². The van der Waals surface area contributed by atoms with Crippen LogP contribution in [0, 0.1) is 23.7 Å². The van der Waals surface area contributed by atoms with E-state index in [0.29, 0.717) is 13.6 Å². The molecule has 5 nitrogen and oxygen atoms in total. The van der Waals surface area contributed by atoms with Crippen molar-refractivity contribution < 1.29 is 23.7 Å². The highest BCUT2D eigenvalue weighted by atomic mass is 127. The highest BCUT2D eigenvalue weighted by Crippen LogP contribution is 2.24. The molecule has 7 heteroatoms. The minimum absolute atomic E-state index is 0.338. The molecule has 0 aliphatic rings. The number of hydrogen-bond acceptors (Lipinski definition) is 5. The summed E-state index contributed by atoms with van der Waals surface area (Å²) in [4.78, 5) is 0. The molecule has 0 aliphatic carbocycles. The van der Waals surface area contributed by atoms with Gasteiger partial charge >= 0.3 is 0 Å². The van der Waals surface area contributed by atoms with Gasteiger partial charge in [-0.1, -0.05) is 138 Å². The van der Waals surface area contributed by atoms with Crippen molar-refractivity contribution >= 4 is 45.2 Å². The molecule has 0 rings (SSSR count). The van der Waals surface area contributed by atoms with Gasteiger partial charge in [0.15, 0.2) is 0 Å². The number of halogens is 2. The highest BCUT2D eigenvalue weighted by molar-refractivity contribution is 14.1. The second kappa shape index (κ2) is 37.0. The molecule has 0 heterocycles. The van der Waals surface area contributed by atoms with Gasteiger partial charge in [-0.15, -0.1) is 0 Å².